The first-order chi connectivity index (χ1) is 11.6. The minimum Gasteiger partial charge on any atom is -0.508 e. The molecule has 0 atom stereocenters. The number of aromatic hydroxyl groups is 1. The van der Waals surface area contributed by atoms with E-state index in [0.717, 1.165) is 5.75 Å². The highest BCUT2D eigenvalue weighted by molar-refractivity contribution is 6.04. The van der Waals surface area contributed by atoms with Crippen molar-refractivity contribution < 1.29 is 19.4 Å². The lowest BCUT2D eigenvalue weighted by Gasteiger charge is -2.14. The van der Waals surface area contributed by atoms with Gasteiger partial charge in [0.2, 0.25) is 5.91 Å². The van der Waals surface area contributed by atoms with E-state index in [1.165, 1.54) is 24.3 Å². The first kappa shape index (κ1) is 17.5. The van der Waals surface area contributed by atoms with Crippen LogP contribution in [0.5, 0.6) is 11.5 Å². The lowest BCUT2D eigenvalue weighted by atomic mass is 10.2. The highest BCUT2D eigenvalue weighted by Gasteiger charge is 2.18. The third kappa shape index (κ3) is 5.10. The fourth-order valence-electron chi connectivity index (χ4n) is 2.06. The Balaban J connectivity index is 1.71. The van der Waals surface area contributed by atoms with Gasteiger partial charge in [-0.05, 0) is 49.2 Å². The molecule has 0 bridgehead atoms. The van der Waals surface area contributed by atoms with Crippen molar-refractivity contribution in [3.05, 3.63) is 60.2 Å². The first-order valence-electron chi connectivity index (χ1n) is 7.67. The number of phenolic OH excluding ortho intramolecular Hbond substituents is 1. The highest BCUT2D eigenvalue weighted by Crippen LogP contribution is 2.12. The van der Waals surface area contributed by atoms with Crippen LogP contribution in [-0.2, 0) is 4.79 Å². The Morgan fingerprint density at radius 3 is 2.33 bits per heavy atom. The van der Waals surface area contributed by atoms with Gasteiger partial charge >= 0.3 is 0 Å². The third-order valence-corrected chi connectivity index (χ3v) is 3.40. The number of carbonyl (C=O) groups excluding carboxylic acids is 2. The van der Waals surface area contributed by atoms with Crippen LogP contribution in [0, 0.1) is 0 Å². The van der Waals surface area contributed by atoms with E-state index in [0.29, 0.717) is 24.5 Å². The number of ether oxygens (including phenoxy) is 1. The first-order valence-corrected chi connectivity index (χ1v) is 7.67. The highest BCUT2D eigenvalue weighted by atomic mass is 16.5. The van der Waals surface area contributed by atoms with Crippen molar-refractivity contribution in [2.75, 3.05) is 6.61 Å². The van der Waals surface area contributed by atoms with Crippen LogP contribution in [0.25, 0.3) is 0 Å². The Bertz CT molecular complexity index is 671. The fourth-order valence-corrected chi connectivity index (χ4v) is 2.06. The number of nitrogens with two attached hydrogens (primary N) is 1. The Morgan fingerprint density at radius 1 is 1.00 bits per heavy atom. The van der Waals surface area contributed by atoms with Crippen LogP contribution in [0.1, 0.15) is 29.6 Å². The zero-order valence-corrected chi connectivity index (χ0v) is 13.2. The predicted octanol–water partition coefficient (Wildman–Crippen LogP) is 2.48. The fraction of sp³-hybridized carbons (Fsp3) is 0.222. The van der Waals surface area contributed by atoms with Crippen molar-refractivity contribution in [2.45, 2.75) is 19.3 Å². The van der Waals surface area contributed by atoms with Gasteiger partial charge in [0.25, 0.3) is 5.91 Å². The van der Waals surface area contributed by atoms with Crippen LogP contribution in [0.15, 0.2) is 54.6 Å². The topological polar surface area (TPSA) is 92.9 Å². The molecule has 6 nitrogen and oxygen atoms in total. The van der Waals surface area contributed by atoms with Crippen molar-refractivity contribution in [3.8, 4) is 11.5 Å². The van der Waals surface area contributed by atoms with Gasteiger partial charge in [0.1, 0.15) is 11.5 Å². The molecule has 0 saturated carbocycles. The lowest BCUT2D eigenvalue weighted by Crippen LogP contribution is -2.42. The van der Waals surface area contributed by atoms with Crippen molar-refractivity contribution in [3.63, 3.8) is 0 Å². The molecule has 0 aliphatic heterocycles. The summed E-state index contributed by atoms with van der Waals surface area (Å²) in [7, 11) is 0. The molecule has 0 spiro atoms. The molecule has 0 aliphatic rings. The molecule has 0 aliphatic carbocycles. The predicted molar refractivity (Wildman–Crippen MR) is 89.3 cm³/mol. The number of hydrogen-bond acceptors (Lipinski definition) is 5. The Morgan fingerprint density at radius 2 is 1.67 bits per heavy atom. The summed E-state index contributed by atoms with van der Waals surface area (Å²) in [6, 6.07) is 15.0. The van der Waals surface area contributed by atoms with Crippen LogP contribution in [0.4, 0.5) is 0 Å². The van der Waals surface area contributed by atoms with E-state index in [4.69, 9.17) is 10.6 Å². The summed E-state index contributed by atoms with van der Waals surface area (Å²) in [5.74, 6) is 5.35. The molecular formula is C18H20N2O4. The number of nitrogens with zero attached hydrogens (tertiary/aromatic N) is 1. The van der Waals surface area contributed by atoms with Gasteiger partial charge in [0.05, 0.1) is 6.61 Å². The standard InChI is InChI=1S/C18H20N2O4/c19-20(18(23)14-9-11-15(21)12-10-14)17(22)8-4-5-13-24-16-6-2-1-3-7-16/h1-3,6-7,9-12,21H,4-5,8,13,19H2. The van der Waals surface area contributed by atoms with Gasteiger partial charge in [0, 0.05) is 12.0 Å². The van der Waals surface area contributed by atoms with Gasteiger partial charge in [-0.2, -0.15) is 0 Å². The second-order valence-corrected chi connectivity index (χ2v) is 5.23. The summed E-state index contributed by atoms with van der Waals surface area (Å²) in [5, 5.41) is 9.82. The van der Waals surface area contributed by atoms with Crippen molar-refractivity contribution >= 4 is 11.8 Å². The number of amides is 2. The van der Waals surface area contributed by atoms with E-state index < -0.39 is 11.8 Å². The summed E-state index contributed by atoms with van der Waals surface area (Å²) in [4.78, 5) is 24.0. The molecule has 0 fully saturated rings. The van der Waals surface area contributed by atoms with Crippen LogP contribution in [-0.4, -0.2) is 28.5 Å². The molecule has 24 heavy (non-hydrogen) atoms. The number of para-hydroxylation sites is 1. The van der Waals surface area contributed by atoms with E-state index in [9.17, 15) is 14.7 Å². The molecule has 0 aromatic heterocycles. The summed E-state index contributed by atoms with van der Waals surface area (Å²) >= 11 is 0. The van der Waals surface area contributed by atoms with Gasteiger partial charge in [-0.25, -0.2) is 10.9 Å². The smallest absolute Gasteiger partial charge is 0.274 e. The maximum atomic E-state index is 12.0. The quantitative estimate of drug-likeness (QED) is 0.352. The van der Waals surface area contributed by atoms with Crippen LogP contribution >= 0.6 is 0 Å². The van der Waals surface area contributed by atoms with Gasteiger partial charge in [0.15, 0.2) is 0 Å². The van der Waals surface area contributed by atoms with Gasteiger partial charge in [-0.15, -0.1) is 0 Å². The maximum absolute atomic E-state index is 12.0. The summed E-state index contributed by atoms with van der Waals surface area (Å²) < 4.78 is 5.53. The minimum atomic E-state index is -0.597. The second kappa shape index (κ2) is 8.69. The van der Waals surface area contributed by atoms with Gasteiger partial charge < -0.3 is 9.84 Å². The largest absolute Gasteiger partial charge is 0.508 e. The van der Waals surface area contributed by atoms with Crippen LogP contribution < -0.4 is 10.6 Å². The molecule has 0 unspecified atom stereocenters. The molecule has 126 valence electrons. The van der Waals surface area contributed by atoms with Crippen molar-refractivity contribution in [1.29, 1.82) is 0 Å². The lowest BCUT2D eigenvalue weighted by molar-refractivity contribution is -0.129. The summed E-state index contributed by atoms with van der Waals surface area (Å²) in [6.07, 6.45) is 1.42. The van der Waals surface area contributed by atoms with E-state index >= 15 is 0 Å². The van der Waals surface area contributed by atoms with E-state index in [1.54, 1.807) is 0 Å². The minimum absolute atomic E-state index is 0.0415. The molecule has 2 aromatic rings. The Labute approximate surface area is 140 Å². The zero-order chi connectivity index (χ0) is 17.4. The Hall–Kier alpha value is -2.86. The molecule has 0 saturated heterocycles. The second-order valence-electron chi connectivity index (χ2n) is 5.23. The average Bonchev–Trinajstić information content (AvgIpc) is 2.61. The third-order valence-electron chi connectivity index (χ3n) is 3.40. The molecule has 2 amide bonds. The number of rotatable bonds is 7. The monoisotopic (exact) mass is 328 g/mol. The van der Waals surface area contributed by atoms with Gasteiger partial charge in [-0.3, -0.25) is 9.59 Å². The van der Waals surface area contributed by atoms with Crippen molar-refractivity contribution in [1.82, 2.24) is 5.01 Å². The average molecular weight is 328 g/mol. The SMILES string of the molecule is NN(C(=O)CCCCOc1ccccc1)C(=O)c1ccc(O)cc1. The summed E-state index contributed by atoms with van der Waals surface area (Å²) in [5.41, 5.74) is 0.246. The normalized spacial score (nSPS) is 10.2. The number of carbonyl (C=O) groups is 2. The maximum Gasteiger partial charge on any atom is 0.274 e. The van der Waals surface area contributed by atoms with E-state index in [-0.39, 0.29) is 17.7 Å². The molecule has 3 N–H and O–H groups in total. The van der Waals surface area contributed by atoms with Crippen molar-refractivity contribution in [2.24, 2.45) is 5.84 Å². The van der Waals surface area contributed by atoms with Gasteiger partial charge in [-0.1, -0.05) is 18.2 Å². The summed E-state index contributed by atoms with van der Waals surface area (Å²) in [6.45, 7) is 0.494. The van der Waals surface area contributed by atoms with E-state index in [2.05, 4.69) is 0 Å². The molecule has 2 rings (SSSR count). The number of imide groups is 1. The molecular weight excluding hydrogens is 308 g/mol. The number of hydrazine groups is 1. The zero-order valence-electron chi connectivity index (χ0n) is 13.2. The number of unbranched alkanes of at least 4 members (excludes halogenated alkanes) is 1. The molecule has 6 heteroatoms. The number of hydrogen-bond donors (Lipinski definition) is 2. The van der Waals surface area contributed by atoms with Crippen LogP contribution in [0.3, 0.4) is 0 Å². The Kier molecular flexibility index (Phi) is 6.33. The van der Waals surface area contributed by atoms with E-state index in [1.807, 2.05) is 30.3 Å². The molecule has 2 aromatic carbocycles. The molecule has 0 heterocycles. The molecule has 0 radical (unpaired) electrons. The number of phenols is 1. The number of benzene rings is 2. The van der Waals surface area contributed by atoms with Crippen LogP contribution in [0.2, 0.25) is 0 Å².